The van der Waals surface area contributed by atoms with Crippen LogP contribution in [0.4, 0.5) is 5.69 Å². The number of oxazole rings is 1. The molecule has 2 aromatic carbocycles. The highest BCUT2D eigenvalue weighted by atomic mass is 16.5. The molecule has 0 spiro atoms. The summed E-state index contributed by atoms with van der Waals surface area (Å²) < 4.78 is 16.6. The first kappa shape index (κ1) is 16.8. The van der Waals surface area contributed by atoms with Gasteiger partial charge in [-0.3, -0.25) is 5.43 Å². The van der Waals surface area contributed by atoms with Gasteiger partial charge in [0.25, 0.3) is 0 Å². The Kier molecular flexibility index (Phi) is 4.97. The van der Waals surface area contributed by atoms with E-state index in [2.05, 4.69) is 15.5 Å². The summed E-state index contributed by atoms with van der Waals surface area (Å²) in [5, 5.41) is 21.0. The fourth-order valence-corrected chi connectivity index (χ4v) is 2.17. The minimum atomic E-state index is -0.278. The third-order valence-corrected chi connectivity index (χ3v) is 3.36. The van der Waals surface area contributed by atoms with E-state index in [1.54, 1.807) is 30.3 Å². The van der Waals surface area contributed by atoms with E-state index in [0.29, 0.717) is 28.7 Å². The van der Waals surface area contributed by atoms with Crippen molar-refractivity contribution in [2.75, 3.05) is 12.5 Å². The summed E-state index contributed by atoms with van der Waals surface area (Å²) in [5.74, 6) is 1.40. The number of benzene rings is 2. The lowest BCUT2D eigenvalue weighted by atomic mass is 10.3. The van der Waals surface area contributed by atoms with Crippen LogP contribution in [-0.2, 0) is 6.61 Å². The van der Waals surface area contributed by atoms with Gasteiger partial charge in [-0.25, -0.2) is 4.98 Å². The molecule has 0 saturated carbocycles. The van der Waals surface area contributed by atoms with E-state index >= 15 is 0 Å². The molecule has 0 aliphatic rings. The van der Waals surface area contributed by atoms with Gasteiger partial charge in [0.1, 0.15) is 17.7 Å². The van der Waals surface area contributed by atoms with Crippen LogP contribution in [0.15, 0.2) is 52.0 Å². The van der Waals surface area contributed by atoms with Gasteiger partial charge in [-0.2, -0.15) is 15.6 Å². The summed E-state index contributed by atoms with van der Waals surface area (Å²) in [5.41, 5.74) is 4.34. The number of hydrogen-bond acceptors (Lipinski definition) is 8. The van der Waals surface area contributed by atoms with Crippen LogP contribution < -0.4 is 14.9 Å². The smallest absolute Gasteiger partial charge is 0.237 e. The number of ether oxygens (including phenoxy) is 2. The number of rotatable bonds is 6. The van der Waals surface area contributed by atoms with Gasteiger partial charge in [-0.1, -0.05) is 12.1 Å². The van der Waals surface area contributed by atoms with Gasteiger partial charge >= 0.3 is 0 Å². The first-order chi connectivity index (χ1) is 12.7. The standard InChI is InChI=1S/C18H13N5O3/c1-24-17-8-12(22-23-13(9-19)10-20)6-7-16(17)25-11-18-21-14-4-2-3-5-15(14)26-18/h2-8,22H,11H2,1H3. The SMILES string of the molecule is COc1cc(NN=C(C#N)C#N)ccc1OCc1nc2ccccc2o1. The molecule has 0 radical (unpaired) electrons. The molecule has 0 aliphatic carbocycles. The second-order valence-electron chi connectivity index (χ2n) is 5.03. The molecular formula is C18H13N5O3. The van der Waals surface area contributed by atoms with Gasteiger partial charge in [0, 0.05) is 6.07 Å². The highest BCUT2D eigenvalue weighted by Crippen LogP contribution is 2.31. The maximum Gasteiger partial charge on any atom is 0.237 e. The highest BCUT2D eigenvalue weighted by molar-refractivity contribution is 6.10. The largest absolute Gasteiger partial charge is 0.493 e. The number of hydrogen-bond donors (Lipinski definition) is 1. The lowest BCUT2D eigenvalue weighted by Crippen LogP contribution is -2.00. The predicted molar refractivity (Wildman–Crippen MR) is 93.6 cm³/mol. The van der Waals surface area contributed by atoms with E-state index in [1.165, 1.54) is 7.11 Å². The third kappa shape index (κ3) is 3.71. The normalized spacial score (nSPS) is 9.81. The van der Waals surface area contributed by atoms with Crippen molar-refractivity contribution in [3.8, 4) is 23.6 Å². The lowest BCUT2D eigenvalue weighted by molar-refractivity contribution is 0.253. The second-order valence-corrected chi connectivity index (χ2v) is 5.03. The maximum atomic E-state index is 8.68. The Morgan fingerprint density at radius 3 is 2.73 bits per heavy atom. The zero-order valence-electron chi connectivity index (χ0n) is 13.8. The molecular weight excluding hydrogens is 334 g/mol. The van der Waals surface area contributed by atoms with Crippen LogP contribution in [0.25, 0.3) is 11.1 Å². The van der Waals surface area contributed by atoms with Crippen LogP contribution in [0.1, 0.15) is 5.89 Å². The summed E-state index contributed by atoms with van der Waals surface area (Å²) in [6.45, 7) is 0.142. The minimum absolute atomic E-state index is 0.142. The number of nitrogens with one attached hydrogen (secondary N) is 1. The Morgan fingerprint density at radius 2 is 2.00 bits per heavy atom. The number of hydrazone groups is 1. The van der Waals surface area contributed by atoms with Crippen molar-refractivity contribution >= 4 is 22.5 Å². The quantitative estimate of drug-likeness (QED) is 0.537. The molecule has 0 saturated heterocycles. The summed E-state index contributed by atoms with van der Waals surface area (Å²) in [7, 11) is 1.50. The molecule has 0 amide bonds. The van der Waals surface area contributed by atoms with Crippen molar-refractivity contribution in [1.82, 2.24) is 4.98 Å². The number of nitriles is 2. The van der Waals surface area contributed by atoms with Gasteiger partial charge < -0.3 is 13.9 Å². The van der Waals surface area contributed by atoms with E-state index in [0.717, 1.165) is 5.52 Å². The molecule has 26 heavy (non-hydrogen) atoms. The average Bonchev–Trinajstić information content (AvgIpc) is 3.10. The van der Waals surface area contributed by atoms with E-state index in [1.807, 2.05) is 24.3 Å². The van der Waals surface area contributed by atoms with Crippen LogP contribution in [0.2, 0.25) is 0 Å². The van der Waals surface area contributed by atoms with Crippen molar-refractivity contribution < 1.29 is 13.9 Å². The van der Waals surface area contributed by atoms with E-state index < -0.39 is 0 Å². The molecule has 1 heterocycles. The monoisotopic (exact) mass is 347 g/mol. The average molecular weight is 347 g/mol. The fourth-order valence-electron chi connectivity index (χ4n) is 2.17. The number of anilines is 1. The highest BCUT2D eigenvalue weighted by Gasteiger charge is 2.10. The summed E-state index contributed by atoms with van der Waals surface area (Å²) in [6, 6.07) is 15.8. The molecule has 0 atom stereocenters. The molecule has 0 fully saturated rings. The molecule has 3 rings (SSSR count). The summed E-state index contributed by atoms with van der Waals surface area (Å²) >= 11 is 0. The molecule has 0 aliphatic heterocycles. The molecule has 128 valence electrons. The Balaban J connectivity index is 1.72. The van der Waals surface area contributed by atoms with Crippen molar-refractivity contribution in [2.45, 2.75) is 6.61 Å². The van der Waals surface area contributed by atoms with Gasteiger partial charge in [0.2, 0.25) is 11.6 Å². The number of aromatic nitrogens is 1. The molecule has 1 N–H and O–H groups in total. The Morgan fingerprint density at radius 1 is 1.19 bits per heavy atom. The maximum absolute atomic E-state index is 8.68. The van der Waals surface area contributed by atoms with Crippen LogP contribution in [0.3, 0.4) is 0 Å². The number of nitrogens with zero attached hydrogens (tertiary/aromatic N) is 4. The second kappa shape index (κ2) is 7.69. The van der Waals surface area contributed by atoms with Crippen LogP contribution >= 0.6 is 0 Å². The number of fused-ring (bicyclic) bond motifs is 1. The molecule has 8 heteroatoms. The van der Waals surface area contributed by atoms with Gasteiger partial charge in [-0.05, 0) is 24.3 Å². The van der Waals surface area contributed by atoms with Gasteiger partial charge in [0.05, 0.1) is 12.8 Å². The molecule has 0 unspecified atom stereocenters. The number of methoxy groups -OCH3 is 1. The van der Waals surface area contributed by atoms with E-state index in [4.69, 9.17) is 24.4 Å². The topological polar surface area (TPSA) is 116 Å². The van der Waals surface area contributed by atoms with Crippen molar-refractivity contribution in [3.05, 3.63) is 48.4 Å². The molecule has 1 aromatic heterocycles. The first-order valence-corrected chi connectivity index (χ1v) is 7.52. The molecule has 3 aromatic rings. The van der Waals surface area contributed by atoms with Crippen molar-refractivity contribution in [3.63, 3.8) is 0 Å². The third-order valence-electron chi connectivity index (χ3n) is 3.36. The van der Waals surface area contributed by atoms with Gasteiger partial charge in [0.15, 0.2) is 23.7 Å². The predicted octanol–water partition coefficient (Wildman–Crippen LogP) is 3.23. The van der Waals surface area contributed by atoms with Crippen LogP contribution in [-0.4, -0.2) is 17.8 Å². The Hall–Kier alpha value is -4.04. The summed E-state index contributed by atoms with van der Waals surface area (Å²) in [6.07, 6.45) is 0. The van der Waals surface area contributed by atoms with E-state index in [-0.39, 0.29) is 12.3 Å². The molecule has 8 nitrogen and oxygen atoms in total. The van der Waals surface area contributed by atoms with E-state index in [9.17, 15) is 0 Å². The minimum Gasteiger partial charge on any atom is -0.493 e. The van der Waals surface area contributed by atoms with Crippen molar-refractivity contribution in [2.24, 2.45) is 5.10 Å². The van der Waals surface area contributed by atoms with Gasteiger partial charge in [-0.15, -0.1) is 0 Å². The number of para-hydroxylation sites is 2. The lowest BCUT2D eigenvalue weighted by Gasteiger charge is -2.10. The van der Waals surface area contributed by atoms with Crippen LogP contribution in [0, 0.1) is 22.7 Å². The first-order valence-electron chi connectivity index (χ1n) is 7.52. The Labute approximate surface area is 148 Å². The molecule has 0 bridgehead atoms. The Bertz CT molecular complexity index is 994. The van der Waals surface area contributed by atoms with Crippen molar-refractivity contribution in [1.29, 1.82) is 10.5 Å². The zero-order valence-corrected chi connectivity index (χ0v) is 13.8. The van der Waals surface area contributed by atoms with Crippen LogP contribution in [0.5, 0.6) is 11.5 Å². The summed E-state index contributed by atoms with van der Waals surface area (Å²) in [4.78, 5) is 4.34. The fraction of sp³-hybridized carbons (Fsp3) is 0.111. The zero-order chi connectivity index (χ0) is 18.4.